The lowest BCUT2D eigenvalue weighted by Crippen LogP contribution is -2.19. The standard InChI is InChI=1S/C20H20N4O4/c1-14-5-4-10-23-12-16(21-19(14)23)13-28-20(25)15-6-7-17(18(11-15)24(26)27)22-8-2-3-9-22/h4-7,10-12H,2-3,8-9,13H2,1H3. The van der Waals surface area contributed by atoms with Crippen molar-refractivity contribution < 1.29 is 14.5 Å². The van der Waals surface area contributed by atoms with E-state index in [1.807, 2.05) is 34.6 Å². The minimum atomic E-state index is -0.607. The number of rotatable bonds is 5. The molecule has 0 radical (unpaired) electrons. The molecule has 1 aliphatic rings. The van der Waals surface area contributed by atoms with Gasteiger partial charge >= 0.3 is 5.97 Å². The van der Waals surface area contributed by atoms with Crippen molar-refractivity contribution in [3.05, 3.63) is 69.7 Å². The SMILES string of the molecule is Cc1cccn2cc(COC(=O)c3ccc(N4CCCC4)c([N+](=O)[O-])c3)nc12. The van der Waals surface area contributed by atoms with Crippen LogP contribution in [-0.4, -0.2) is 33.4 Å². The van der Waals surface area contributed by atoms with Crippen LogP contribution in [0.25, 0.3) is 5.65 Å². The third-order valence-corrected chi connectivity index (χ3v) is 4.93. The summed E-state index contributed by atoms with van der Waals surface area (Å²) in [6, 6.07) is 8.38. The molecule has 3 heterocycles. The van der Waals surface area contributed by atoms with E-state index in [4.69, 9.17) is 4.74 Å². The third-order valence-electron chi connectivity index (χ3n) is 4.93. The van der Waals surface area contributed by atoms with Crippen LogP contribution in [0.4, 0.5) is 11.4 Å². The lowest BCUT2D eigenvalue weighted by molar-refractivity contribution is -0.384. The fraction of sp³-hybridized carbons (Fsp3) is 0.300. The maximum absolute atomic E-state index is 12.4. The van der Waals surface area contributed by atoms with E-state index in [1.54, 1.807) is 18.3 Å². The number of hydrogen-bond donors (Lipinski definition) is 0. The summed E-state index contributed by atoms with van der Waals surface area (Å²) in [5, 5.41) is 11.5. The molecule has 0 spiro atoms. The molecular weight excluding hydrogens is 360 g/mol. The number of esters is 1. The number of hydrogen-bond acceptors (Lipinski definition) is 6. The van der Waals surface area contributed by atoms with Crippen molar-refractivity contribution in [1.29, 1.82) is 0 Å². The van der Waals surface area contributed by atoms with Crippen molar-refractivity contribution in [1.82, 2.24) is 9.38 Å². The molecule has 1 saturated heterocycles. The van der Waals surface area contributed by atoms with E-state index in [0.717, 1.165) is 37.1 Å². The molecule has 8 nitrogen and oxygen atoms in total. The quantitative estimate of drug-likeness (QED) is 0.382. The van der Waals surface area contributed by atoms with Gasteiger partial charge in [-0.25, -0.2) is 9.78 Å². The molecule has 28 heavy (non-hydrogen) atoms. The first-order valence-electron chi connectivity index (χ1n) is 9.16. The van der Waals surface area contributed by atoms with Crippen LogP contribution in [0.3, 0.4) is 0 Å². The smallest absolute Gasteiger partial charge is 0.338 e. The second kappa shape index (κ2) is 7.30. The Kier molecular flexibility index (Phi) is 4.68. The highest BCUT2D eigenvalue weighted by Gasteiger charge is 2.24. The van der Waals surface area contributed by atoms with E-state index in [-0.39, 0.29) is 17.9 Å². The van der Waals surface area contributed by atoms with E-state index >= 15 is 0 Å². The molecule has 0 bridgehead atoms. The maximum atomic E-state index is 12.4. The summed E-state index contributed by atoms with van der Waals surface area (Å²) in [7, 11) is 0. The molecule has 0 aliphatic carbocycles. The number of imidazole rings is 1. The number of anilines is 1. The van der Waals surface area contributed by atoms with Crippen molar-refractivity contribution in [2.45, 2.75) is 26.4 Å². The van der Waals surface area contributed by atoms with Crippen LogP contribution in [0.2, 0.25) is 0 Å². The Bertz CT molecular complexity index is 1050. The number of pyridine rings is 1. The van der Waals surface area contributed by atoms with Crippen LogP contribution in [0.5, 0.6) is 0 Å². The highest BCUT2D eigenvalue weighted by atomic mass is 16.6. The molecule has 0 atom stereocenters. The van der Waals surface area contributed by atoms with E-state index in [1.165, 1.54) is 6.07 Å². The number of nitro benzene ring substituents is 1. The van der Waals surface area contributed by atoms with Crippen LogP contribution >= 0.6 is 0 Å². The predicted molar refractivity (Wildman–Crippen MR) is 104 cm³/mol. The molecule has 4 rings (SSSR count). The van der Waals surface area contributed by atoms with Crippen molar-refractivity contribution >= 4 is 23.0 Å². The van der Waals surface area contributed by atoms with Gasteiger partial charge in [0, 0.05) is 31.5 Å². The summed E-state index contributed by atoms with van der Waals surface area (Å²) in [5.41, 5.74) is 3.09. The highest BCUT2D eigenvalue weighted by Crippen LogP contribution is 2.31. The number of fused-ring (bicyclic) bond motifs is 1. The van der Waals surface area contributed by atoms with Gasteiger partial charge in [-0.1, -0.05) is 6.07 Å². The topological polar surface area (TPSA) is 90.0 Å². The van der Waals surface area contributed by atoms with Crippen molar-refractivity contribution in [3.63, 3.8) is 0 Å². The van der Waals surface area contributed by atoms with Gasteiger partial charge in [-0.05, 0) is 43.5 Å². The average molecular weight is 380 g/mol. The molecule has 0 amide bonds. The molecule has 2 aromatic heterocycles. The van der Waals surface area contributed by atoms with Gasteiger partial charge in [0.2, 0.25) is 0 Å². The molecule has 1 aromatic carbocycles. The number of nitrogens with zero attached hydrogens (tertiary/aromatic N) is 4. The van der Waals surface area contributed by atoms with E-state index in [2.05, 4.69) is 4.98 Å². The number of aromatic nitrogens is 2. The molecule has 1 fully saturated rings. The highest BCUT2D eigenvalue weighted by molar-refractivity contribution is 5.91. The molecule has 1 aliphatic heterocycles. The summed E-state index contributed by atoms with van der Waals surface area (Å²) >= 11 is 0. The lowest BCUT2D eigenvalue weighted by atomic mass is 10.1. The van der Waals surface area contributed by atoms with Gasteiger partial charge in [0.25, 0.3) is 5.69 Å². The van der Waals surface area contributed by atoms with Gasteiger partial charge in [-0.2, -0.15) is 0 Å². The molecule has 0 unspecified atom stereocenters. The van der Waals surface area contributed by atoms with Gasteiger partial charge in [0.15, 0.2) is 0 Å². The van der Waals surface area contributed by atoms with Crippen molar-refractivity contribution in [2.24, 2.45) is 0 Å². The second-order valence-electron chi connectivity index (χ2n) is 6.89. The Morgan fingerprint density at radius 3 is 2.79 bits per heavy atom. The minimum Gasteiger partial charge on any atom is -0.456 e. The largest absolute Gasteiger partial charge is 0.456 e. The van der Waals surface area contributed by atoms with Crippen LogP contribution in [0.15, 0.2) is 42.7 Å². The first-order chi connectivity index (χ1) is 13.5. The molecule has 3 aromatic rings. The van der Waals surface area contributed by atoms with Crippen LogP contribution < -0.4 is 4.90 Å². The van der Waals surface area contributed by atoms with Crippen LogP contribution in [-0.2, 0) is 11.3 Å². The molecule has 8 heteroatoms. The van der Waals surface area contributed by atoms with Gasteiger partial charge in [0.1, 0.15) is 17.9 Å². The average Bonchev–Trinajstić information content (AvgIpc) is 3.36. The van der Waals surface area contributed by atoms with Gasteiger partial charge < -0.3 is 14.0 Å². The molecule has 0 saturated carbocycles. The lowest BCUT2D eigenvalue weighted by Gasteiger charge is -2.17. The number of nitro groups is 1. The zero-order chi connectivity index (χ0) is 19.7. The summed E-state index contributed by atoms with van der Waals surface area (Å²) in [4.78, 5) is 29.9. The number of carbonyl (C=O) groups excluding carboxylic acids is 1. The van der Waals surface area contributed by atoms with Gasteiger partial charge in [0.05, 0.1) is 16.2 Å². The molecule has 144 valence electrons. The Balaban J connectivity index is 1.51. The number of carbonyl (C=O) groups is 1. The Morgan fingerprint density at radius 1 is 1.29 bits per heavy atom. The monoisotopic (exact) mass is 380 g/mol. The molecular formula is C20H20N4O4. The Hall–Kier alpha value is -3.42. The minimum absolute atomic E-state index is 0.00161. The van der Waals surface area contributed by atoms with Crippen molar-refractivity contribution in [3.8, 4) is 0 Å². The molecule has 0 N–H and O–H groups in total. The van der Waals surface area contributed by atoms with E-state index in [0.29, 0.717) is 11.4 Å². The Labute approximate surface area is 161 Å². The summed E-state index contributed by atoms with van der Waals surface area (Å²) in [6.07, 6.45) is 5.70. The zero-order valence-corrected chi connectivity index (χ0v) is 15.5. The summed E-state index contributed by atoms with van der Waals surface area (Å²) < 4.78 is 7.20. The Morgan fingerprint density at radius 2 is 2.07 bits per heavy atom. The first-order valence-corrected chi connectivity index (χ1v) is 9.16. The summed E-state index contributed by atoms with van der Waals surface area (Å²) in [5.74, 6) is -0.607. The van der Waals surface area contributed by atoms with E-state index in [9.17, 15) is 14.9 Å². The normalized spacial score (nSPS) is 13.8. The van der Waals surface area contributed by atoms with Gasteiger partial charge in [-0.15, -0.1) is 0 Å². The van der Waals surface area contributed by atoms with E-state index < -0.39 is 10.9 Å². The maximum Gasteiger partial charge on any atom is 0.338 e. The zero-order valence-electron chi connectivity index (χ0n) is 15.5. The fourth-order valence-corrected chi connectivity index (χ4v) is 3.52. The first kappa shape index (κ1) is 18.0. The number of ether oxygens (including phenoxy) is 1. The van der Waals surface area contributed by atoms with Crippen LogP contribution in [0.1, 0.15) is 34.5 Å². The fourth-order valence-electron chi connectivity index (χ4n) is 3.52. The van der Waals surface area contributed by atoms with Crippen molar-refractivity contribution in [2.75, 3.05) is 18.0 Å². The third kappa shape index (κ3) is 3.40. The van der Waals surface area contributed by atoms with Gasteiger partial charge in [-0.3, -0.25) is 10.1 Å². The van der Waals surface area contributed by atoms with Crippen LogP contribution in [0, 0.1) is 17.0 Å². The number of benzene rings is 1. The summed E-state index contributed by atoms with van der Waals surface area (Å²) in [6.45, 7) is 3.54. The predicted octanol–water partition coefficient (Wildman–Crippen LogP) is 3.51. The number of aryl methyl sites for hydroxylation is 1. The second-order valence-corrected chi connectivity index (χ2v) is 6.89.